The summed E-state index contributed by atoms with van der Waals surface area (Å²) >= 11 is 1.68. The molecule has 3 aliphatic rings. The summed E-state index contributed by atoms with van der Waals surface area (Å²) in [5.41, 5.74) is 2.17. The monoisotopic (exact) mass is 251 g/mol. The molecule has 4 rings (SSSR count). The molecule has 0 aliphatic heterocycles. The Hall–Kier alpha value is -0.970. The minimum Gasteiger partial charge on any atom is -0.351 e. The van der Waals surface area contributed by atoms with E-state index in [1.54, 1.807) is 18.3 Å². The maximum Gasteiger partial charge on any atom is 0.217 e. The molecule has 92 valence electrons. The number of hydrogen-bond donors (Lipinski definition) is 1. The second-order valence-electron chi connectivity index (χ2n) is 5.49. The zero-order valence-electron chi connectivity index (χ0n) is 10.0. The maximum atomic E-state index is 11.3. The lowest BCUT2D eigenvalue weighted by Gasteiger charge is -2.52. The Kier molecular flexibility index (Phi) is 2.47. The van der Waals surface area contributed by atoms with Crippen LogP contribution in [-0.4, -0.2) is 21.6 Å². The molecule has 5 heteroatoms. The first-order valence-corrected chi connectivity index (χ1v) is 7.08. The molecule has 0 unspecified atom stereocenters. The Morgan fingerprint density at radius 2 is 1.94 bits per heavy atom. The van der Waals surface area contributed by atoms with Crippen LogP contribution in [0.5, 0.6) is 0 Å². The van der Waals surface area contributed by atoms with Crippen LogP contribution in [0.15, 0.2) is 5.51 Å². The van der Waals surface area contributed by atoms with Gasteiger partial charge in [-0.05, 0) is 38.5 Å². The minimum atomic E-state index is 0.0816. The number of nitrogens with zero attached hydrogens (tertiary/aromatic N) is 2. The summed E-state index contributed by atoms with van der Waals surface area (Å²) < 4.78 is 0. The lowest BCUT2D eigenvalue weighted by Crippen LogP contribution is -2.57. The number of carbonyl (C=O) groups excluding carboxylic acids is 1. The van der Waals surface area contributed by atoms with E-state index in [-0.39, 0.29) is 16.9 Å². The van der Waals surface area contributed by atoms with E-state index in [0.29, 0.717) is 0 Å². The van der Waals surface area contributed by atoms with E-state index >= 15 is 0 Å². The summed E-state index contributed by atoms with van der Waals surface area (Å²) in [6.45, 7) is 1.62. The molecule has 2 bridgehead atoms. The van der Waals surface area contributed by atoms with Gasteiger partial charge in [-0.15, -0.1) is 21.5 Å². The summed E-state index contributed by atoms with van der Waals surface area (Å²) in [7, 11) is 0. The third kappa shape index (κ3) is 1.76. The highest BCUT2D eigenvalue weighted by molar-refractivity contribution is 7.09. The third-order valence-electron chi connectivity index (χ3n) is 4.50. The maximum absolute atomic E-state index is 11.3. The Balaban J connectivity index is 1.80. The molecule has 3 aliphatic carbocycles. The molecule has 4 nitrogen and oxygen atoms in total. The van der Waals surface area contributed by atoms with Crippen LogP contribution in [0.25, 0.3) is 0 Å². The van der Waals surface area contributed by atoms with Crippen molar-refractivity contribution in [1.82, 2.24) is 15.5 Å². The zero-order valence-corrected chi connectivity index (χ0v) is 10.8. The standard InChI is InChI=1S/C12H17N3OS/c1-9(16)14-12-5-2-11(3-6-12,4-7-12)10-15-13-8-17-10/h8H,2-7H2,1H3,(H,14,16). The van der Waals surface area contributed by atoms with E-state index in [1.807, 2.05) is 5.51 Å². The van der Waals surface area contributed by atoms with Gasteiger partial charge in [0.2, 0.25) is 5.91 Å². The molecule has 1 amide bonds. The molecule has 0 spiro atoms. The van der Waals surface area contributed by atoms with Crippen molar-refractivity contribution in [2.75, 3.05) is 0 Å². The highest BCUT2D eigenvalue weighted by atomic mass is 32.1. The largest absolute Gasteiger partial charge is 0.351 e. The summed E-state index contributed by atoms with van der Waals surface area (Å²) in [6.07, 6.45) is 6.69. The van der Waals surface area contributed by atoms with E-state index in [2.05, 4.69) is 15.5 Å². The van der Waals surface area contributed by atoms with Crippen LogP contribution in [0.2, 0.25) is 0 Å². The van der Waals surface area contributed by atoms with Crippen molar-refractivity contribution in [3.05, 3.63) is 10.5 Å². The quantitative estimate of drug-likeness (QED) is 0.875. The molecule has 1 aromatic rings. The minimum absolute atomic E-state index is 0.0816. The van der Waals surface area contributed by atoms with Crippen molar-refractivity contribution in [2.24, 2.45) is 0 Å². The second kappa shape index (κ2) is 3.77. The molecule has 3 saturated carbocycles. The van der Waals surface area contributed by atoms with Crippen LogP contribution >= 0.6 is 11.3 Å². The topological polar surface area (TPSA) is 54.9 Å². The fourth-order valence-corrected chi connectivity index (χ4v) is 4.32. The van der Waals surface area contributed by atoms with Gasteiger partial charge in [0.25, 0.3) is 0 Å². The van der Waals surface area contributed by atoms with Gasteiger partial charge in [-0.25, -0.2) is 0 Å². The molecule has 0 saturated heterocycles. The fourth-order valence-electron chi connectivity index (χ4n) is 3.47. The second-order valence-corrected chi connectivity index (χ2v) is 6.32. The summed E-state index contributed by atoms with van der Waals surface area (Å²) in [6, 6.07) is 0. The Bertz CT molecular complexity index is 404. The number of fused-ring (bicyclic) bond motifs is 3. The molecular weight excluding hydrogens is 234 g/mol. The number of hydrogen-bond acceptors (Lipinski definition) is 4. The van der Waals surface area contributed by atoms with Crippen LogP contribution in [0.1, 0.15) is 50.5 Å². The summed E-state index contributed by atoms with van der Waals surface area (Å²) in [5.74, 6) is 0.107. The smallest absolute Gasteiger partial charge is 0.217 e. The van der Waals surface area contributed by atoms with Crippen LogP contribution in [0, 0.1) is 0 Å². The van der Waals surface area contributed by atoms with Gasteiger partial charge in [0.1, 0.15) is 10.5 Å². The lowest BCUT2D eigenvalue weighted by molar-refractivity contribution is -0.122. The Labute approximate surface area is 105 Å². The predicted molar refractivity (Wildman–Crippen MR) is 65.8 cm³/mol. The van der Waals surface area contributed by atoms with Gasteiger partial charge >= 0.3 is 0 Å². The van der Waals surface area contributed by atoms with Crippen molar-refractivity contribution in [3.63, 3.8) is 0 Å². The molecule has 1 aromatic heterocycles. The Morgan fingerprint density at radius 3 is 2.41 bits per heavy atom. The van der Waals surface area contributed by atoms with Gasteiger partial charge in [-0.2, -0.15) is 0 Å². The van der Waals surface area contributed by atoms with Crippen molar-refractivity contribution < 1.29 is 4.79 Å². The normalized spacial score (nSPS) is 35.8. The fraction of sp³-hybridized carbons (Fsp3) is 0.750. The molecule has 1 heterocycles. The molecular formula is C12H17N3OS. The number of rotatable bonds is 2. The molecule has 17 heavy (non-hydrogen) atoms. The van der Waals surface area contributed by atoms with Gasteiger partial charge in [-0.3, -0.25) is 4.79 Å². The first kappa shape index (κ1) is 11.1. The highest BCUT2D eigenvalue weighted by Gasteiger charge is 2.51. The van der Waals surface area contributed by atoms with Crippen LogP contribution in [0.3, 0.4) is 0 Å². The van der Waals surface area contributed by atoms with Gasteiger partial charge < -0.3 is 5.32 Å². The number of carbonyl (C=O) groups is 1. The van der Waals surface area contributed by atoms with Crippen LogP contribution in [-0.2, 0) is 10.2 Å². The van der Waals surface area contributed by atoms with Crippen molar-refractivity contribution in [1.29, 1.82) is 0 Å². The van der Waals surface area contributed by atoms with E-state index in [1.165, 1.54) is 5.01 Å². The van der Waals surface area contributed by atoms with Crippen LogP contribution < -0.4 is 5.32 Å². The first-order chi connectivity index (χ1) is 8.14. The first-order valence-electron chi connectivity index (χ1n) is 6.20. The Morgan fingerprint density at radius 1 is 1.29 bits per heavy atom. The zero-order chi connectivity index (χ0) is 11.9. The molecule has 1 N–H and O–H groups in total. The van der Waals surface area contributed by atoms with E-state index < -0.39 is 0 Å². The van der Waals surface area contributed by atoms with Gasteiger partial charge in [0, 0.05) is 17.9 Å². The molecule has 3 fully saturated rings. The predicted octanol–water partition coefficient (Wildman–Crippen LogP) is 2.02. The van der Waals surface area contributed by atoms with Crippen molar-refractivity contribution in [3.8, 4) is 0 Å². The number of nitrogens with one attached hydrogen (secondary N) is 1. The average Bonchev–Trinajstić information content (AvgIpc) is 2.84. The third-order valence-corrected chi connectivity index (χ3v) is 5.44. The summed E-state index contributed by atoms with van der Waals surface area (Å²) in [5, 5.41) is 12.6. The van der Waals surface area contributed by atoms with Crippen molar-refractivity contribution >= 4 is 17.2 Å². The molecule has 0 radical (unpaired) electrons. The van der Waals surface area contributed by atoms with E-state index in [4.69, 9.17) is 0 Å². The van der Waals surface area contributed by atoms with Gasteiger partial charge in [-0.1, -0.05) is 0 Å². The van der Waals surface area contributed by atoms with Gasteiger partial charge in [0.05, 0.1) is 0 Å². The average molecular weight is 251 g/mol. The SMILES string of the molecule is CC(=O)NC12CCC(c3nncs3)(CC1)CC2. The number of amides is 1. The molecule has 0 aromatic carbocycles. The summed E-state index contributed by atoms with van der Waals surface area (Å²) in [4.78, 5) is 11.3. The molecule has 0 atom stereocenters. The van der Waals surface area contributed by atoms with E-state index in [0.717, 1.165) is 38.5 Å². The lowest BCUT2D eigenvalue weighted by atomic mass is 9.57. The highest BCUT2D eigenvalue weighted by Crippen LogP contribution is 2.53. The van der Waals surface area contributed by atoms with Crippen molar-refractivity contribution in [2.45, 2.75) is 56.4 Å². The van der Waals surface area contributed by atoms with Gasteiger partial charge in [0.15, 0.2) is 0 Å². The van der Waals surface area contributed by atoms with Crippen LogP contribution in [0.4, 0.5) is 0 Å². The van der Waals surface area contributed by atoms with E-state index in [9.17, 15) is 4.79 Å². The number of aromatic nitrogens is 2.